The summed E-state index contributed by atoms with van der Waals surface area (Å²) in [6, 6.07) is 6.24. The Morgan fingerprint density at radius 1 is 1.50 bits per heavy atom. The Kier molecular flexibility index (Phi) is 6.99. The van der Waals surface area contributed by atoms with Crippen molar-refractivity contribution in [2.75, 3.05) is 39.8 Å². The largest absolute Gasteiger partial charge is 0.489 e. The van der Waals surface area contributed by atoms with E-state index >= 15 is 0 Å². The van der Waals surface area contributed by atoms with Crippen molar-refractivity contribution in [3.8, 4) is 5.75 Å². The zero-order valence-electron chi connectivity index (χ0n) is 14.4. The smallest absolute Gasteiger partial charge is 0.236 e. The normalized spacial score (nSPS) is 19.8. The number of carbonyl (C=O) groups is 1. The molecule has 2 unspecified atom stereocenters. The molecule has 5 nitrogen and oxygen atoms in total. The molecule has 2 atom stereocenters. The van der Waals surface area contributed by atoms with Gasteiger partial charge in [-0.1, -0.05) is 12.1 Å². The molecule has 6 heteroatoms. The van der Waals surface area contributed by atoms with E-state index in [9.17, 15) is 14.3 Å². The third kappa shape index (κ3) is 5.46. The second-order valence-corrected chi connectivity index (χ2v) is 6.47. The highest BCUT2D eigenvalue weighted by molar-refractivity contribution is 5.78. The fourth-order valence-corrected chi connectivity index (χ4v) is 2.92. The lowest BCUT2D eigenvalue weighted by molar-refractivity contribution is -0.132. The summed E-state index contributed by atoms with van der Waals surface area (Å²) in [6.45, 7) is 4.44. The van der Waals surface area contributed by atoms with Gasteiger partial charge in [-0.05, 0) is 44.4 Å². The van der Waals surface area contributed by atoms with Crippen LogP contribution in [0, 0.1) is 11.7 Å². The van der Waals surface area contributed by atoms with Gasteiger partial charge in [0.1, 0.15) is 6.61 Å². The second kappa shape index (κ2) is 8.99. The first kappa shape index (κ1) is 18.7. The number of benzene rings is 1. The lowest BCUT2D eigenvalue weighted by Crippen LogP contribution is -2.45. The average Bonchev–Trinajstić information content (AvgIpc) is 2.56. The van der Waals surface area contributed by atoms with Crippen molar-refractivity contribution in [3.63, 3.8) is 0 Å². The highest BCUT2D eigenvalue weighted by atomic mass is 19.1. The number of carbonyl (C=O) groups excluding carboxylic acids is 1. The van der Waals surface area contributed by atoms with Gasteiger partial charge in [-0.3, -0.25) is 9.69 Å². The maximum atomic E-state index is 13.5. The van der Waals surface area contributed by atoms with Crippen LogP contribution in [0.25, 0.3) is 0 Å². The molecule has 134 valence electrons. The number of aliphatic hydroxyl groups is 1. The van der Waals surface area contributed by atoms with Gasteiger partial charge in [0.05, 0.1) is 19.2 Å². The monoisotopic (exact) mass is 338 g/mol. The molecule has 1 heterocycles. The Labute approximate surface area is 143 Å². The fourth-order valence-electron chi connectivity index (χ4n) is 2.92. The van der Waals surface area contributed by atoms with Gasteiger partial charge in [-0.2, -0.15) is 0 Å². The summed E-state index contributed by atoms with van der Waals surface area (Å²) < 4.78 is 18.8. The summed E-state index contributed by atoms with van der Waals surface area (Å²) in [5.74, 6) is 0.0535. The Hall–Kier alpha value is -1.66. The number of hydrogen-bond donors (Lipinski definition) is 1. The van der Waals surface area contributed by atoms with Gasteiger partial charge in [-0.15, -0.1) is 0 Å². The summed E-state index contributed by atoms with van der Waals surface area (Å²) in [7, 11) is 1.73. The minimum Gasteiger partial charge on any atom is -0.489 e. The van der Waals surface area contributed by atoms with Gasteiger partial charge < -0.3 is 14.7 Å². The summed E-state index contributed by atoms with van der Waals surface area (Å²) in [5.41, 5.74) is 0. The highest BCUT2D eigenvalue weighted by Gasteiger charge is 2.25. The summed E-state index contributed by atoms with van der Waals surface area (Å²) in [6.07, 6.45) is 1.67. The van der Waals surface area contributed by atoms with Crippen LogP contribution in [0.4, 0.5) is 4.39 Å². The van der Waals surface area contributed by atoms with Gasteiger partial charge >= 0.3 is 0 Å². The van der Waals surface area contributed by atoms with Crippen molar-refractivity contribution in [2.24, 2.45) is 5.92 Å². The van der Waals surface area contributed by atoms with Gasteiger partial charge in [0.15, 0.2) is 11.6 Å². The minimum absolute atomic E-state index is 0.0124. The molecular weight excluding hydrogens is 311 g/mol. The molecule has 2 rings (SSSR count). The second-order valence-electron chi connectivity index (χ2n) is 6.47. The van der Waals surface area contributed by atoms with E-state index in [1.54, 1.807) is 30.1 Å². The number of para-hydroxylation sites is 1. The number of hydrogen-bond acceptors (Lipinski definition) is 4. The molecule has 0 saturated carbocycles. The molecule has 1 amide bonds. The van der Waals surface area contributed by atoms with Crippen molar-refractivity contribution in [2.45, 2.75) is 25.9 Å². The maximum absolute atomic E-state index is 13.5. The molecule has 1 aromatic rings. The number of aliphatic hydroxyl groups excluding tert-OH is 1. The predicted octanol–water partition coefficient (Wildman–Crippen LogP) is 1.76. The molecule has 1 fully saturated rings. The van der Waals surface area contributed by atoms with Crippen molar-refractivity contribution in [3.05, 3.63) is 30.1 Å². The van der Waals surface area contributed by atoms with E-state index < -0.39 is 5.82 Å². The summed E-state index contributed by atoms with van der Waals surface area (Å²) in [4.78, 5) is 16.0. The van der Waals surface area contributed by atoms with Crippen LogP contribution in [0.3, 0.4) is 0 Å². The van der Waals surface area contributed by atoms with E-state index in [0.29, 0.717) is 13.1 Å². The Morgan fingerprint density at radius 3 is 2.96 bits per heavy atom. The van der Waals surface area contributed by atoms with Crippen molar-refractivity contribution < 1.29 is 19.0 Å². The molecule has 0 spiro atoms. The van der Waals surface area contributed by atoms with Crippen molar-refractivity contribution in [1.82, 2.24) is 9.80 Å². The summed E-state index contributed by atoms with van der Waals surface area (Å²) in [5, 5.41) is 9.72. The van der Waals surface area contributed by atoms with Crippen LogP contribution >= 0.6 is 0 Å². The van der Waals surface area contributed by atoms with Crippen LogP contribution < -0.4 is 4.74 Å². The number of amides is 1. The van der Waals surface area contributed by atoms with Gasteiger partial charge in [0.2, 0.25) is 5.91 Å². The first-order valence-corrected chi connectivity index (χ1v) is 8.49. The van der Waals surface area contributed by atoms with Crippen LogP contribution in [0.5, 0.6) is 5.75 Å². The number of ether oxygens (including phenoxy) is 1. The molecule has 1 aliphatic heterocycles. The van der Waals surface area contributed by atoms with E-state index in [0.717, 1.165) is 25.9 Å². The molecule has 0 aromatic heterocycles. The van der Waals surface area contributed by atoms with E-state index in [1.165, 1.54) is 6.07 Å². The summed E-state index contributed by atoms with van der Waals surface area (Å²) >= 11 is 0. The standard InChI is InChI=1S/C18H27FN2O3/c1-14(22)15-6-5-9-21(12-15)13-18(23)20(2)10-11-24-17-8-4-3-7-16(17)19/h3-4,7-8,14-15,22H,5-6,9-13H2,1-2H3. The zero-order chi connectivity index (χ0) is 17.5. The topological polar surface area (TPSA) is 53.0 Å². The van der Waals surface area contributed by atoms with Crippen molar-refractivity contribution in [1.29, 1.82) is 0 Å². The van der Waals surface area contributed by atoms with Gasteiger partial charge in [0.25, 0.3) is 0 Å². The zero-order valence-corrected chi connectivity index (χ0v) is 14.4. The lowest BCUT2D eigenvalue weighted by atomic mass is 9.93. The maximum Gasteiger partial charge on any atom is 0.236 e. The highest BCUT2D eigenvalue weighted by Crippen LogP contribution is 2.19. The number of piperidine rings is 1. The molecule has 1 aromatic carbocycles. The third-order valence-corrected chi connectivity index (χ3v) is 4.53. The average molecular weight is 338 g/mol. The first-order chi connectivity index (χ1) is 11.5. The fraction of sp³-hybridized carbons (Fsp3) is 0.611. The van der Waals surface area contributed by atoms with Crippen LogP contribution in [0.1, 0.15) is 19.8 Å². The van der Waals surface area contributed by atoms with E-state index in [4.69, 9.17) is 4.74 Å². The Balaban J connectivity index is 1.73. The molecule has 0 aliphatic carbocycles. The molecule has 0 bridgehead atoms. The van der Waals surface area contributed by atoms with E-state index in [1.807, 2.05) is 6.92 Å². The predicted molar refractivity (Wildman–Crippen MR) is 90.4 cm³/mol. The Bertz CT molecular complexity index is 539. The van der Waals surface area contributed by atoms with Crippen molar-refractivity contribution >= 4 is 5.91 Å². The molecule has 1 aliphatic rings. The number of rotatable bonds is 7. The molecule has 1 N–H and O–H groups in total. The number of likely N-dealkylation sites (tertiary alicyclic amines) is 1. The molecule has 1 saturated heterocycles. The number of halogens is 1. The van der Waals surface area contributed by atoms with Crippen LogP contribution in [0.2, 0.25) is 0 Å². The number of nitrogens with zero attached hydrogens (tertiary/aromatic N) is 2. The van der Waals surface area contributed by atoms with Gasteiger partial charge in [-0.25, -0.2) is 4.39 Å². The number of likely N-dealkylation sites (N-methyl/N-ethyl adjacent to an activating group) is 1. The molecular formula is C18H27FN2O3. The first-order valence-electron chi connectivity index (χ1n) is 8.49. The third-order valence-electron chi connectivity index (χ3n) is 4.53. The van der Waals surface area contributed by atoms with Gasteiger partial charge in [0, 0.05) is 13.6 Å². The van der Waals surface area contributed by atoms with Crippen LogP contribution in [-0.2, 0) is 4.79 Å². The van der Waals surface area contributed by atoms with Crippen LogP contribution in [-0.4, -0.2) is 66.8 Å². The molecule has 24 heavy (non-hydrogen) atoms. The minimum atomic E-state index is -0.399. The SMILES string of the molecule is CC(O)C1CCCN(CC(=O)N(C)CCOc2ccccc2F)C1. The Morgan fingerprint density at radius 2 is 2.25 bits per heavy atom. The quantitative estimate of drug-likeness (QED) is 0.823. The lowest BCUT2D eigenvalue weighted by Gasteiger charge is -2.34. The molecule has 0 radical (unpaired) electrons. The van der Waals surface area contributed by atoms with E-state index in [-0.39, 0.29) is 30.3 Å². The van der Waals surface area contributed by atoms with Crippen LogP contribution in [0.15, 0.2) is 24.3 Å². The van der Waals surface area contributed by atoms with E-state index in [2.05, 4.69) is 4.90 Å².